The van der Waals surface area contributed by atoms with Crippen LogP contribution in [0.15, 0.2) is 78.9 Å². The van der Waals surface area contributed by atoms with Gasteiger partial charge in [-0.05, 0) is 54.3 Å². The molecule has 0 aliphatic rings. The van der Waals surface area contributed by atoms with E-state index in [9.17, 15) is 24.0 Å². The predicted molar refractivity (Wildman–Crippen MR) is 185 cm³/mol. The normalized spacial score (nSPS) is 13.1. The average Bonchev–Trinajstić information content (AvgIpc) is 3.09. The molecule has 0 saturated heterocycles. The van der Waals surface area contributed by atoms with E-state index in [1.165, 1.54) is 14.0 Å². The first-order chi connectivity index (χ1) is 23.5. The van der Waals surface area contributed by atoms with E-state index in [-0.39, 0.29) is 19.6 Å². The van der Waals surface area contributed by atoms with Gasteiger partial charge in [-0.25, -0.2) is 9.59 Å². The van der Waals surface area contributed by atoms with Crippen LogP contribution in [0, 0.1) is 0 Å². The first kappa shape index (κ1) is 38.0. The fourth-order valence-electron chi connectivity index (χ4n) is 4.60. The summed E-state index contributed by atoms with van der Waals surface area (Å²) < 4.78 is 10.3. The molecule has 0 bridgehead atoms. The number of nitrogens with one attached hydrogen (secondary N) is 5. The van der Waals surface area contributed by atoms with E-state index < -0.39 is 54.1 Å². The quantitative estimate of drug-likeness (QED) is 0.119. The smallest absolute Gasteiger partial charge is 0.411 e. The van der Waals surface area contributed by atoms with Crippen molar-refractivity contribution in [1.82, 2.24) is 16.0 Å². The van der Waals surface area contributed by atoms with Gasteiger partial charge in [0.1, 0.15) is 25.3 Å². The number of hydrogen-bond donors (Lipinski definition) is 7. The molecule has 0 heterocycles. The summed E-state index contributed by atoms with van der Waals surface area (Å²) in [7, 11) is 1.47. The van der Waals surface area contributed by atoms with Crippen molar-refractivity contribution in [2.45, 2.75) is 70.5 Å². The Morgan fingerprint density at radius 1 is 0.673 bits per heavy atom. The molecule has 14 nitrogen and oxygen atoms in total. The molecule has 3 rings (SSSR count). The number of nitrogens with two attached hydrogens (primary N) is 2. The Hall–Kier alpha value is -5.47. The van der Waals surface area contributed by atoms with E-state index in [0.717, 1.165) is 11.1 Å². The summed E-state index contributed by atoms with van der Waals surface area (Å²) in [4.78, 5) is 62.9. The molecular formula is C35H45N7O7. The maximum absolute atomic E-state index is 13.5. The Balaban J connectivity index is 1.58. The van der Waals surface area contributed by atoms with Gasteiger partial charge >= 0.3 is 12.2 Å². The topological polar surface area (TPSA) is 216 Å². The summed E-state index contributed by atoms with van der Waals surface area (Å²) in [5, 5.41) is 13.2. The van der Waals surface area contributed by atoms with Crippen molar-refractivity contribution in [2.24, 2.45) is 11.5 Å². The van der Waals surface area contributed by atoms with Gasteiger partial charge in [0.15, 0.2) is 0 Å². The van der Waals surface area contributed by atoms with Crippen LogP contribution >= 0.6 is 0 Å². The fourth-order valence-corrected chi connectivity index (χ4v) is 4.60. The summed E-state index contributed by atoms with van der Waals surface area (Å²) in [6.45, 7) is 3.49. The lowest BCUT2D eigenvalue weighted by atomic mass is 10.0. The second-order valence-corrected chi connectivity index (χ2v) is 11.4. The second-order valence-electron chi connectivity index (χ2n) is 11.4. The summed E-state index contributed by atoms with van der Waals surface area (Å²) in [6, 6.07) is 18.9. The number of carbonyl (C=O) groups is 5. The third kappa shape index (κ3) is 12.9. The van der Waals surface area contributed by atoms with Gasteiger partial charge in [-0.1, -0.05) is 67.9 Å². The number of carbonyl (C=O) groups excluding carboxylic acids is 5. The van der Waals surface area contributed by atoms with E-state index in [4.69, 9.17) is 20.9 Å². The molecule has 3 aromatic rings. The Kier molecular flexibility index (Phi) is 15.0. The van der Waals surface area contributed by atoms with Crippen LogP contribution in [0.2, 0.25) is 0 Å². The highest BCUT2D eigenvalue weighted by Crippen LogP contribution is 2.15. The van der Waals surface area contributed by atoms with Crippen LogP contribution in [0.1, 0.15) is 43.4 Å². The Morgan fingerprint density at radius 3 is 1.76 bits per heavy atom. The molecule has 1 unspecified atom stereocenters. The molecule has 0 aromatic heterocycles. The van der Waals surface area contributed by atoms with Gasteiger partial charge in [-0.3, -0.25) is 19.7 Å². The maximum atomic E-state index is 13.5. The zero-order chi connectivity index (χ0) is 35.8. The lowest BCUT2D eigenvalue weighted by molar-refractivity contribution is -0.131. The minimum absolute atomic E-state index is 0.0336. The molecule has 0 saturated carbocycles. The lowest BCUT2D eigenvalue weighted by Crippen LogP contribution is -2.59. The minimum Gasteiger partial charge on any atom is -0.445 e. The molecule has 0 aliphatic carbocycles. The van der Waals surface area contributed by atoms with Crippen molar-refractivity contribution in [3.8, 4) is 0 Å². The lowest BCUT2D eigenvalue weighted by Gasteiger charge is -2.27. The van der Waals surface area contributed by atoms with E-state index in [1.54, 1.807) is 48.5 Å². The summed E-state index contributed by atoms with van der Waals surface area (Å²) in [6.07, 6.45) is 0.115. The average molecular weight is 676 g/mol. The number of alkyl carbamates (subject to hydrolysis) is 1. The number of benzene rings is 3. The van der Waals surface area contributed by atoms with Crippen LogP contribution in [0.3, 0.4) is 0 Å². The van der Waals surface area contributed by atoms with Crippen molar-refractivity contribution in [3.63, 3.8) is 0 Å². The number of hydrogen-bond acceptors (Lipinski definition) is 9. The maximum Gasteiger partial charge on any atom is 0.411 e. The summed E-state index contributed by atoms with van der Waals surface area (Å²) in [5.41, 5.74) is 15.2. The molecule has 9 N–H and O–H groups in total. The van der Waals surface area contributed by atoms with Gasteiger partial charge < -0.3 is 42.2 Å². The van der Waals surface area contributed by atoms with Crippen molar-refractivity contribution in [1.29, 1.82) is 0 Å². The van der Waals surface area contributed by atoms with Gasteiger partial charge in [0, 0.05) is 30.9 Å². The molecule has 5 amide bonds. The van der Waals surface area contributed by atoms with E-state index in [0.29, 0.717) is 29.8 Å². The first-order valence-corrected chi connectivity index (χ1v) is 15.9. The van der Waals surface area contributed by atoms with Gasteiger partial charge in [-0.2, -0.15) is 0 Å². The van der Waals surface area contributed by atoms with Gasteiger partial charge in [0.25, 0.3) is 0 Å². The molecule has 14 heteroatoms. The zero-order valence-electron chi connectivity index (χ0n) is 27.9. The molecule has 4 atom stereocenters. The standard InChI is InChI=1S/C35H45N7O7/c1-4-8-28(37)30(42-32(44)29(41-31(43)22(2)36)19-23-9-6-5-7-10-23)33(45)39-26-15-11-25(12-16-26)21-49-35(47)40-27-17-13-24(14-18-27)20-48-34(46)38-3/h5-7,9-18,22,28-30H,4,8,19-21,36-37H2,1-3H3,(H,38,46)(H,39,45)(H,40,47)(H,41,43)(H,42,44)/t22-,28?,29+,30+/m1/s1. The van der Waals surface area contributed by atoms with Crippen LogP contribution in [-0.2, 0) is 43.5 Å². The van der Waals surface area contributed by atoms with E-state index >= 15 is 0 Å². The van der Waals surface area contributed by atoms with Crippen LogP contribution in [0.25, 0.3) is 0 Å². The minimum atomic E-state index is -1.10. The van der Waals surface area contributed by atoms with Crippen LogP contribution < -0.4 is 38.1 Å². The van der Waals surface area contributed by atoms with Crippen LogP contribution in [0.5, 0.6) is 0 Å². The Bertz CT molecular complexity index is 1530. The molecule has 0 spiro atoms. The molecule has 0 aliphatic heterocycles. The SMILES string of the molecule is CCCC(N)[C@H](NC(=O)[C@H](Cc1ccccc1)NC(=O)[C@@H](C)N)C(=O)Nc1ccc(COC(=O)Nc2ccc(COC(=O)NC)cc2)cc1. The molecule has 262 valence electrons. The van der Waals surface area contributed by atoms with E-state index in [1.807, 2.05) is 37.3 Å². The zero-order valence-corrected chi connectivity index (χ0v) is 27.9. The van der Waals surface area contributed by atoms with Gasteiger partial charge in [-0.15, -0.1) is 0 Å². The Labute approximate surface area is 285 Å². The Morgan fingerprint density at radius 2 is 1.22 bits per heavy atom. The second kappa shape index (κ2) is 19.4. The van der Waals surface area contributed by atoms with Crippen molar-refractivity contribution < 1.29 is 33.4 Å². The third-order valence-corrected chi connectivity index (χ3v) is 7.33. The van der Waals surface area contributed by atoms with Gasteiger partial charge in [0.05, 0.1) is 6.04 Å². The monoisotopic (exact) mass is 675 g/mol. The van der Waals surface area contributed by atoms with Crippen molar-refractivity contribution >= 4 is 41.3 Å². The number of ether oxygens (including phenoxy) is 2. The van der Waals surface area contributed by atoms with Crippen molar-refractivity contribution in [3.05, 3.63) is 95.6 Å². The number of rotatable bonds is 16. The number of amides is 5. The highest BCUT2D eigenvalue weighted by Gasteiger charge is 2.31. The van der Waals surface area contributed by atoms with Crippen LogP contribution in [-0.4, -0.2) is 61.1 Å². The molecular weight excluding hydrogens is 630 g/mol. The number of anilines is 2. The summed E-state index contributed by atoms with van der Waals surface area (Å²) in [5.74, 6) is -1.60. The highest BCUT2D eigenvalue weighted by molar-refractivity contribution is 5.99. The molecule has 3 aromatic carbocycles. The first-order valence-electron chi connectivity index (χ1n) is 15.9. The molecule has 49 heavy (non-hydrogen) atoms. The predicted octanol–water partition coefficient (Wildman–Crippen LogP) is 2.92. The largest absolute Gasteiger partial charge is 0.445 e. The molecule has 0 fully saturated rings. The summed E-state index contributed by atoms with van der Waals surface area (Å²) >= 11 is 0. The third-order valence-electron chi connectivity index (χ3n) is 7.33. The van der Waals surface area contributed by atoms with E-state index in [2.05, 4.69) is 26.6 Å². The van der Waals surface area contributed by atoms with Crippen LogP contribution in [0.4, 0.5) is 21.0 Å². The van der Waals surface area contributed by atoms with Gasteiger partial charge in [0.2, 0.25) is 17.7 Å². The van der Waals surface area contributed by atoms with Crippen molar-refractivity contribution in [2.75, 3.05) is 17.7 Å². The highest BCUT2D eigenvalue weighted by atomic mass is 16.6. The fraction of sp³-hybridized carbons (Fsp3) is 0.343. The molecule has 0 radical (unpaired) electrons.